The number of anilines is 1. The van der Waals surface area contributed by atoms with Gasteiger partial charge in [0.05, 0.1) is 6.07 Å². The zero-order valence-corrected chi connectivity index (χ0v) is 16.0. The number of nitrogens with zero attached hydrogens (tertiary/aromatic N) is 2. The highest BCUT2D eigenvalue weighted by Crippen LogP contribution is 2.31. The van der Waals surface area contributed by atoms with Gasteiger partial charge in [-0.2, -0.15) is 0 Å². The van der Waals surface area contributed by atoms with E-state index >= 15 is 0 Å². The molecule has 1 amide bonds. The van der Waals surface area contributed by atoms with Crippen LogP contribution in [0.4, 0.5) is 11.6 Å². The Hall–Kier alpha value is -4.14. The first-order valence-electron chi connectivity index (χ1n) is 9.20. The maximum atomic E-state index is 12.2. The number of para-hydroxylation sites is 1. The molecule has 2 aromatic heterocycles. The van der Waals surface area contributed by atoms with Crippen molar-refractivity contribution >= 4 is 45.3 Å². The fraction of sp³-hybridized carbons (Fsp3) is 0.143. The average molecular weight is 407 g/mol. The van der Waals surface area contributed by atoms with Crippen LogP contribution < -0.4 is 5.32 Å². The first-order chi connectivity index (χ1) is 14.5. The predicted molar refractivity (Wildman–Crippen MR) is 109 cm³/mol. The maximum Gasteiger partial charge on any atom is 0.433 e. The number of hydrogen-bond acceptors (Lipinski definition) is 6. The molecule has 1 N–H and O–H groups in total. The maximum absolute atomic E-state index is 12.2. The van der Waals surface area contributed by atoms with Gasteiger partial charge in [0.15, 0.2) is 6.61 Å². The molecule has 152 valence electrons. The molecule has 2 aromatic carbocycles. The third-order valence-corrected chi connectivity index (χ3v) is 4.68. The first kappa shape index (κ1) is 19.2. The summed E-state index contributed by atoms with van der Waals surface area (Å²) in [5.41, 5.74) is 2.73. The molecule has 9 heteroatoms. The van der Waals surface area contributed by atoms with Gasteiger partial charge in [0.25, 0.3) is 5.91 Å². The highest BCUT2D eigenvalue weighted by atomic mass is 16.7. The number of furan rings is 1. The van der Waals surface area contributed by atoms with Crippen molar-refractivity contribution in [3.63, 3.8) is 0 Å². The Morgan fingerprint density at radius 2 is 1.87 bits per heavy atom. The molecule has 0 radical (unpaired) electrons. The minimum atomic E-state index is -0.959. The number of aromatic nitrogens is 1. The smallest absolute Gasteiger partial charge is 0.433 e. The molecule has 0 atom stereocenters. The van der Waals surface area contributed by atoms with E-state index in [0.29, 0.717) is 5.69 Å². The summed E-state index contributed by atoms with van der Waals surface area (Å²) in [6.45, 7) is 2.34. The van der Waals surface area contributed by atoms with E-state index in [0.717, 1.165) is 40.5 Å². The molecule has 0 bridgehead atoms. The molecule has 4 rings (SSSR count). The lowest BCUT2D eigenvalue weighted by Crippen LogP contribution is -2.20. The minimum absolute atomic E-state index is 0.344. The van der Waals surface area contributed by atoms with Crippen LogP contribution in [0.3, 0.4) is 0 Å². The predicted octanol–water partition coefficient (Wildman–Crippen LogP) is 4.11. The van der Waals surface area contributed by atoms with Gasteiger partial charge in [-0.15, -0.1) is 0 Å². The van der Waals surface area contributed by atoms with Crippen molar-refractivity contribution in [3.8, 4) is 0 Å². The van der Waals surface area contributed by atoms with Crippen molar-refractivity contribution in [3.05, 3.63) is 70.5 Å². The lowest BCUT2D eigenvalue weighted by atomic mass is 10.1. The van der Waals surface area contributed by atoms with Crippen LogP contribution in [0.25, 0.3) is 21.8 Å². The zero-order chi connectivity index (χ0) is 21.3. The van der Waals surface area contributed by atoms with E-state index in [1.807, 2.05) is 30.3 Å². The molecule has 30 heavy (non-hydrogen) atoms. The second-order valence-electron chi connectivity index (χ2n) is 6.51. The van der Waals surface area contributed by atoms with Gasteiger partial charge in [0.1, 0.15) is 4.92 Å². The molecule has 0 spiro atoms. The van der Waals surface area contributed by atoms with Gasteiger partial charge in [0, 0.05) is 34.0 Å². The van der Waals surface area contributed by atoms with Gasteiger partial charge in [-0.1, -0.05) is 18.2 Å². The Morgan fingerprint density at radius 3 is 2.60 bits per heavy atom. The van der Waals surface area contributed by atoms with E-state index in [1.165, 1.54) is 0 Å². The van der Waals surface area contributed by atoms with Crippen molar-refractivity contribution in [1.82, 2.24) is 4.57 Å². The Balaban J connectivity index is 1.47. The van der Waals surface area contributed by atoms with Crippen molar-refractivity contribution < 1.29 is 23.7 Å². The normalized spacial score (nSPS) is 11.0. The van der Waals surface area contributed by atoms with Crippen LogP contribution >= 0.6 is 0 Å². The third kappa shape index (κ3) is 3.48. The highest BCUT2D eigenvalue weighted by Gasteiger charge is 2.19. The monoisotopic (exact) mass is 407 g/mol. The van der Waals surface area contributed by atoms with Crippen LogP contribution in [0.1, 0.15) is 17.5 Å². The number of nitrogens with one attached hydrogen (secondary N) is 1. The lowest BCUT2D eigenvalue weighted by molar-refractivity contribution is -0.402. The Morgan fingerprint density at radius 1 is 1.10 bits per heavy atom. The van der Waals surface area contributed by atoms with Crippen LogP contribution in [0.2, 0.25) is 0 Å². The second-order valence-corrected chi connectivity index (χ2v) is 6.51. The van der Waals surface area contributed by atoms with Crippen LogP contribution in [0, 0.1) is 10.1 Å². The topological polar surface area (TPSA) is 117 Å². The highest BCUT2D eigenvalue weighted by molar-refractivity contribution is 6.09. The largest absolute Gasteiger partial charge is 0.450 e. The van der Waals surface area contributed by atoms with Crippen LogP contribution in [-0.2, 0) is 16.1 Å². The summed E-state index contributed by atoms with van der Waals surface area (Å²) < 4.78 is 11.8. The fourth-order valence-corrected chi connectivity index (χ4v) is 3.41. The van der Waals surface area contributed by atoms with Crippen molar-refractivity contribution in [2.45, 2.75) is 13.5 Å². The number of aryl methyl sites for hydroxylation is 1. The van der Waals surface area contributed by atoms with Gasteiger partial charge in [-0.25, -0.2) is 4.79 Å². The average Bonchev–Trinajstić information content (AvgIpc) is 3.35. The summed E-state index contributed by atoms with van der Waals surface area (Å²) >= 11 is 0. The Bertz CT molecular complexity index is 1290. The molecule has 0 saturated carbocycles. The zero-order valence-electron chi connectivity index (χ0n) is 16.0. The molecular weight excluding hydrogens is 390 g/mol. The number of rotatable bonds is 6. The third-order valence-electron chi connectivity index (χ3n) is 4.68. The van der Waals surface area contributed by atoms with E-state index in [1.54, 1.807) is 6.07 Å². The van der Waals surface area contributed by atoms with Gasteiger partial charge in [0.2, 0.25) is 5.76 Å². The summed E-state index contributed by atoms with van der Waals surface area (Å²) in [4.78, 5) is 33.9. The first-order valence-corrected chi connectivity index (χ1v) is 9.20. The molecule has 0 fully saturated rings. The number of amides is 1. The number of nitro groups is 1. The summed E-state index contributed by atoms with van der Waals surface area (Å²) in [6, 6.07) is 15.8. The molecular formula is C21H17N3O6. The van der Waals surface area contributed by atoms with Crippen molar-refractivity contribution in [1.29, 1.82) is 0 Å². The van der Waals surface area contributed by atoms with Crippen LogP contribution in [-0.4, -0.2) is 28.0 Å². The minimum Gasteiger partial charge on any atom is -0.450 e. The van der Waals surface area contributed by atoms with Gasteiger partial charge in [-0.3, -0.25) is 14.9 Å². The van der Waals surface area contributed by atoms with Gasteiger partial charge >= 0.3 is 11.9 Å². The molecule has 0 aliphatic heterocycles. The summed E-state index contributed by atoms with van der Waals surface area (Å²) in [6.07, 6.45) is 0. The molecule has 4 aromatic rings. The van der Waals surface area contributed by atoms with E-state index in [4.69, 9.17) is 9.15 Å². The number of esters is 1. The molecule has 9 nitrogen and oxygen atoms in total. The Labute approximate surface area is 170 Å². The number of carbonyl (C=O) groups is 2. The molecule has 0 unspecified atom stereocenters. The quantitative estimate of drug-likeness (QED) is 0.292. The van der Waals surface area contributed by atoms with E-state index in [-0.39, 0.29) is 5.76 Å². The summed E-state index contributed by atoms with van der Waals surface area (Å²) in [5.74, 6) is -2.42. The van der Waals surface area contributed by atoms with E-state index in [9.17, 15) is 19.7 Å². The van der Waals surface area contributed by atoms with Crippen LogP contribution in [0.5, 0.6) is 0 Å². The molecule has 0 aliphatic carbocycles. The van der Waals surface area contributed by atoms with E-state index in [2.05, 4.69) is 22.9 Å². The van der Waals surface area contributed by atoms with Gasteiger partial charge < -0.3 is 19.0 Å². The summed E-state index contributed by atoms with van der Waals surface area (Å²) in [7, 11) is 0. The van der Waals surface area contributed by atoms with Gasteiger partial charge in [-0.05, 0) is 37.3 Å². The molecule has 2 heterocycles. The number of fused-ring (bicyclic) bond motifs is 3. The Kier molecular flexibility index (Phi) is 4.93. The number of ether oxygens (including phenoxy) is 1. The standard InChI is InChI=1S/C21H17N3O6/c1-2-23-16-6-4-3-5-14(16)15-11-13(7-8-17(15)23)22-19(25)12-29-21(26)18-9-10-20(30-18)24(27)28/h3-11H,2,12H2,1H3,(H,22,25). The number of hydrogen-bond donors (Lipinski definition) is 1. The lowest BCUT2D eigenvalue weighted by Gasteiger charge is -2.07. The van der Waals surface area contributed by atoms with E-state index < -0.39 is 29.3 Å². The second kappa shape index (κ2) is 7.70. The molecule has 0 aliphatic rings. The molecule has 0 saturated heterocycles. The SMILES string of the molecule is CCn1c2ccccc2c2cc(NC(=O)COC(=O)c3ccc([N+](=O)[O-])o3)ccc21. The number of benzene rings is 2. The van der Waals surface area contributed by atoms with Crippen molar-refractivity contribution in [2.75, 3.05) is 11.9 Å². The fourth-order valence-electron chi connectivity index (χ4n) is 3.41. The number of carbonyl (C=O) groups excluding carboxylic acids is 2. The van der Waals surface area contributed by atoms with Crippen LogP contribution in [0.15, 0.2) is 59.0 Å². The van der Waals surface area contributed by atoms with Crippen molar-refractivity contribution in [2.24, 2.45) is 0 Å². The summed E-state index contributed by atoms with van der Waals surface area (Å²) in [5, 5.41) is 15.4.